The van der Waals surface area contributed by atoms with Gasteiger partial charge in [0.1, 0.15) is 0 Å². The highest BCUT2D eigenvalue weighted by Crippen LogP contribution is 2.32. The summed E-state index contributed by atoms with van der Waals surface area (Å²) in [7, 11) is 2.10. The van der Waals surface area contributed by atoms with E-state index in [4.69, 9.17) is 0 Å². The van der Waals surface area contributed by atoms with Gasteiger partial charge >= 0.3 is 0 Å². The summed E-state index contributed by atoms with van der Waals surface area (Å²) in [6.45, 7) is 5.09. The lowest BCUT2D eigenvalue weighted by molar-refractivity contribution is 0.0774. The molecule has 5 heteroatoms. The molecular weight excluding hydrogens is 294 g/mol. The number of amides is 1. The molecular formula is C17H21N3OS. The van der Waals surface area contributed by atoms with Gasteiger partial charge in [-0.1, -0.05) is 0 Å². The summed E-state index contributed by atoms with van der Waals surface area (Å²) in [5.74, 6) is 1.50. The van der Waals surface area contributed by atoms with Crippen molar-refractivity contribution >= 4 is 17.2 Å². The Morgan fingerprint density at radius 3 is 2.59 bits per heavy atom. The van der Waals surface area contributed by atoms with Gasteiger partial charge in [0.25, 0.3) is 5.91 Å². The molecule has 4 heterocycles. The van der Waals surface area contributed by atoms with Crippen molar-refractivity contribution in [3.63, 3.8) is 0 Å². The summed E-state index contributed by atoms with van der Waals surface area (Å²) in [6, 6.07) is 6.23. The fraction of sp³-hybridized carbons (Fsp3) is 0.471. The Morgan fingerprint density at radius 2 is 2.00 bits per heavy atom. The van der Waals surface area contributed by atoms with Crippen LogP contribution in [0.4, 0.5) is 0 Å². The zero-order valence-electron chi connectivity index (χ0n) is 12.8. The number of likely N-dealkylation sites (tertiary alicyclic amines) is 2. The van der Waals surface area contributed by atoms with Gasteiger partial charge in [0.2, 0.25) is 0 Å². The molecule has 0 radical (unpaired) electrons. The Labute approximate surface area is 135 Å². The number of carbonyl (C=O) groups is 1. The fourth-order valence-electron chi connectivity index (χ4n) is 3.84. The first kappa shape index (κ1) is 14.0. The minimum Gasteiger partial charge on any atom is -0.353 e. The quantitative estimate of drug-likeness (QED) is 0.869. The normalized spacial score (nSPS) is 24.9. The molecule has 0 bridgehead atoms. The van der Waals surface area contributed by atoms with Crippen LogP contribution in [-0.4, -0.2) is 46.5 Å². The topological polar surface area (TPSA) is 28.5 Å². The Hall–Kier alpha value is -1.59. The molecule has 22 heavy (non-hydrogen) atoms. The number of carbonyl (C=O) groups excluding carboxylic acids is 1. The first-order valence-electron chi connectivity index (χ1n) is 7.85. The van der Waals surface area contributed by atoms with E-state index < -0.39 is 0 Å². The van der Waals surface area contributed by atoms with Gasteiger partial charge in [0.15, 0.2) is 0 Å². The summed E-state index contributed by atoms with van der Waals surface area (Å²) in [6.07, 6.45) is 2.10. The van der Waals surface area contributed by atoms with Gasteiger partial charge < -0.3 is 9.47 Å². The van der Waals surface area contributed by atoms with Crippen LogP contribution in [0, 0.1) is 11.8 Å². The number of fused-ring (bicyclic) bond motifs is 1. The number of hydrogen-bond donors (Lipinski definition) is 0. The Kier molecular flexibility index (Phi) is 3.54. The van der Waals surface area contributed by atoms with E-state index in [9.17, 15) is 4.79 Å². The molecule has 0 saturated carbocycles. The third kappa shape index (κ3) is 2.48. The van der Waals surface area contributed by atoms with Crippen LogP contribution in [0.3, 0.4) is 0 Å². The van der Waals surface area contributed by atoms with Crippen LogP contribution in [-0.2, 0) is 13.6 Å². The van der Waals surface area contributed by atoms with Crippen LogP contribution in [0.25, 0.3) is 0 Å². The van der Waals surface area contributed by atoms with Gasteiger partial charge in [-0.25, -0.2) is 0 Å². The SMILES string of the molecule is Cn1cccc1CN1C[C@@H]2CN(C(=O)c3ccsc3)C[C@@H]2C1. The third-order valence-electron chi connectivity index (χ3n) is 5.05. The molecule has 0 aliphatic carbocycles. The molecule has 2 aromatic rings. The highest BCUT2D eigenvalue weighted by Gasteiger charge is 2.41. The number of aromatic nitrogens is 1. The average molecular weight is 315 g/mol. The third-order valence-corrected chi connectivity index (χ3v) is 5.74. The molecule has 2 saturated heterocycles. The molecule has 4 rings (SSSR count). The largest absolute Gasteiger partial charge is 0.353 e. The van der Waals surface area contributed by atoms with E-state index in [0.717, 1.165) is 38.3 Å². The van der Waals surface area contributed by atoms with Crippen LogP contribution < -0.4 is 0 Å². The Balaban J connectivity index is 1.36. The minimum atomic E-state index is 0.213. The highest BCUT2D eigenvalue weighted by atomic mass is 32.1. The molecule has 2 aliphatic rings. The number of hydrogen-bond acceptors (Lipinski definition) is 3. The maximum absolute atomic E-state index is 12.4. The van der Waals surface area contributed by atoms with Crippen molar-refractivity contribution in [3.8, 4) is 0 Å². The lowest BCUT2D eigenvalue weighted by atomic mass is 10.0. The molecule has 4 nitrogen and oxygen atoms in total. The maximum Gasteiger partial charge on any atom is 0.254 e. The van der Waals surface area contributed by atoms with Gasteiger partial charge in [-0.3, -0.25) is 9.69 Å². The molecule has 2 atom stereocenters. The second kappa shape index (κ2) is 5.56. The van der Waals surface area contributed by atoms with Crippen molar-refractivity contribution in [1.82, 2.24) is 14.4 Å². The molecule has 1 amide bonds. The van der Waals surface area contributed by atoms with Gasteiger partial charge in [-0.15, -0.1) is 0 Å². The molecule has 2 aromatic heterocycles. The molecule has 2 fully saturated rings. The predicted molar refractivity (Wildman–Crippen MR) is 87.9 cm³/mol. The van der Waals surface area contributed by atoms with E-state index in [2.05, 4.69) is 39.7 Å². The first-order chi connectivity index (χ1) is 10.7. The molecule has 0 spiro atoms. The number of aryl methyl sites for hydroxylation is 1. The van der Waals surface area contributed by atoms with Crippen LogP contribution in [0.1, 0.15) is 16.1 Å². The minimum absolute atomic E-state index is 0.213. The van der Waals surface area contributed by atoms with Crippen LogP contribution in [0.2, 0.25) is 0 Å². The van der Waals surface area contributed by atoms with E-state index in [-0.39, 0.29) is 5.91 Å². The standard InChI is InChI=1S/C17H21N3OS/c1-18-5-2-3-16(18)11-19-7-14-9-20(10-15(14)8-19)17(21)13-4-6-22-12-13/h2-6,12,14-15H,7-11H2,1H3/t14-,15+. The maximum atomic E-state index is 12.4. The molecule has 2 aliphatic heterocycles. The van der Waals surface area contributed by atoms with Crippen LogP contribution >= 0.6 is 11.3 Å². The van der Waals surface area contributed by atoms with E-state index in [1.165, 1.54) is 5.69 Å². The van der Waals surface area contributed by atoms with E-state index in [1.54, 1.807) is 11.3 Å². The van der Waals surface area contributed by atoms with E-state index in [1.807, 2.05) is 16.8 Å². The summed E-state index contributed by atoms with van der Waals surface area (Å²) >= 11 is 1.59. The molecule has 0 N–H and O–H groups in total. The fourth-order valence-corrected chi connectivity index (χ4v) is 4.47. The molecule has 116 valence electrons. The van der Waals surface area contributed by atoms with Crippen LogP contribution in [0.5, 0.6) is 0 Å². The zero-order chi connectivity index (χ0) is 15.1. The highest BCUT2D eigenvalue weighted by molar-refractivity contribution is 7.08. The smallest absolute Gasteiger partial charge is 0.254 e. The first-order valence-corrected chi connectivity index (χ1v) is 8.79. The van der Waals surface area contributed by atoms with Gasteiger partial charge in [-0.2, -0.15) is 11.3 Å². The van der Waals surface area contributed by atoms with E-state index >= 15 is 0 Å². The Morgan fingerprint density at radius 1 is 1.23 bits per heavy atom. The van der Waals surface area contributed by atoms with Crippen molar-refractivity contribution in [2.24, 2.45) is 18.9 Å². The van der Waals surface area contributed by atoms with Gasteiger partial charge in [0, 0.05) is 57.0 Å². The lowest BCUT2D eigenvalue weighted by Crippen LogP contribution is -2.33. The molecule has 0 aromatic carbocycles. The number of nitrogens with zero attached hydrogens (tertiary/aromatic N) is 3. The second-order valence-electron chi connectivity index (χ2n) is 6.55. The average Bonchev–Trinajstić information content (AvgIpc) is 3.23. The van der Waals surface area contributed by atoms with Crippen LogP contribution in [0.15, 0.2) is 35.2 Å². The van der Waals surface area contributed by atoms with Crippen molar-refractivity contribution in [3.05, 3.63) is 46.4 Å². The summed E-state index contributed by atoms with van der Waals surface area (Å²) in [5, 5.41) is 3.93. The number of thiophene rings is 1. The zero-order valence-corrected chi connectivity index (χ0v) is 13.6. The summed E-state index contributed by atoms with van der Waals surface area (Å²) in [4.78, 5) is 17.0. The van der Waals surface area contributed by atoms with Gasteiger partial charge in [-0.05, 0) is 35.4 Å². The van der Waals surface area contributed by atoms with Crippen molar-refractivity contribution in [1.29, 1.82) is 0 Å². The molecule has 0 unspecified atom stereocenters. The van der Waals surface area contributed by atoms with Gasteiger partial charge in [0.05, 0.1) is 5.56 Å². The monoisotopic (exact) mass is 315 g/mol. The summed E-state index contributed by atoms with van der Waals surface area (Å²) < 4.78 is 2.19. The summed E-state index contributed by atoms with van der Waals surface area (Å²) in [5.41, 5.74) is 2.22. The Bertz CT molecular complexity index is 649. The predicted octanol–water partition coefficient (Wildman–Crippen LogP) is 2.29. The van der Waals surface area contributed by atoms with Crippen molar-refractivity contribution in [2.45, 2.75) is 6.54 Å². The second-order valence-corrected chi connectivity index (χ2v) is 7.33. The van der Waals surface area contributed by atoms with Crippen molar-refractivity contribution in [2.75, 3.05) is 26.2 Å². The van der Waals surface area contributed by atoms with Crippen molar-refractivity contribution < 1.29 is 4.79 Å². The van der Waals surface area contributed by atoms with E-state index in [0.29, 0.717) is 11.8 Å². The number of rotatable bonds is 3. The lowest BCUT2D eigenvalue weighted by Gasteiger charge is -2.21.